The zero-order valence-electron chi connectivity index (χ0n) is 17.8. The second-order valence-electron chi connectivity index (χ2n) is 9.26. The summed E-state index contributed by atoms with van der Waals surface area (Å²) in [6.45, 7) is 4.08. The molecule has 0 saturated heterocycles. The maximum Gasteiger partial charge on any atom is 0.245 e. The van der Waals surface area contributed by atoms with E-state index in [0.717, 1.165) is 12.5 Å². The van der Waals surface area contributed by atoms with Gasteiger partial charge in [0.1, 0.15) is 5.82 Å². The number of ketones is 1. The fourth-order valence-electron chi connectivity index (χ4n) is 4.13. The van der Waals surface area contributed by atoms with E-state index in [9.17, 15) is 22.4 Å². The molecule has 2 N–H and O–H groups in total. The van der Waals surface area contributed by atoms with Gasteiger partial charge in [-0.2, -0.15) is 0 Å². The van der Waals surface area contributed by atoms with Gasteiger partial charge >= 0.3 is 0 Å². The summed E-state index contributed by atoms with van der Waals surface area (Å²) < 4.78 is 40.7. The quantitative estimate of drug-likeness (QED) is 0.660. The van der Waals surface area contributed by atoms with Gasteiger partial charge < -0.3 is 10.6 Å². The Morgan fingerprint density at radius 1 is 1.25 bits per heavy atom. The Kier molecular flexibility index (Phi) is 5.68. The van der Waals surface area contributed by atoms with Gasteiger partial charge in [-0.25, -0.2) is 12.8 Å². The Balaban J connectivity index is 1.80. The van der Waals surface area contributed by atoms with Gasteiger partial charge in [0, 0.05) is 11.4 Å². The van der Waals surface area contributed by atoms with Crippen molar-refractivity contribution in [3.63, 3.8) is 0 Å². The summed E-state index contributed by atoms with van der Waals surface area (Å²) in [5.41, 5.74) is 6.35. The lowest BCUT2D eigenvalue weighted by Gasteiger charge is -2.25. The molecule has 1 aliphatic heterocycles. The molecular formula is C23H24ClFN2O4S. The number of anilines is 1. The van der Waals surface area contributed by atoms with Crippen LogP contribution in [0.5, 0.6) is 0 Å². The first-order chi connectivity index (χ1) is 14.9. The van der Waals surface area contributed by atoms with Gasteiger partial charge in [-0.3, -0.25) is 9.59 Å². The minimum absolute atomic E-state index is 0.00113. The van der Waals surface area contributed by atoms with Crippen molar-refractivity contribution in [1.29, 1.82) is 0 Å². The van der Waals surface area contributed by atoms with E-state index < -0.39 is 39.1 Å². The average molecular weight is 479 g/mol. The summed E-state index contributed by atoms with van der Waals surface area (Å²) in [5, 5.41) is 0.508. The van der Waals surface area contributed by atoms with E-state index in [1.807, 2.05) is 13.8 Å². The van der Waals surface area contributed by atoms with E-state index >= 15 is 0 Å². The summed E-state index contributed by atoms with van der Waals surface area (Å²) in [6, 6.07) is 7.41. The number of amides is 1. The zero-order valence-corrected chi connectivity index (χ0v) is 19.3. The molecule has 1 fully saturated rings. The van der Waals surface area contributed by atoms with Crippen molar-refractivity contribution in [3.8, 4) is 0 Å². The first-order valence-corrected chi connectivity index (χ1v) is 12.3. The van der Waals surface area contributed by atoms with E-state index in [-0.39, 0.29) is 40.4 Å². The van der Waals surface area contributed by atoms with Crippen molar-refractivity contribution in [1.82, 2.24) is 0 Å². The molecule has 1 amide bonds. The van der Waals surface area contributed by atoms with Crippen LogP contribution < -0.4 is 10.6 Å². The fraction of sp³-hybridized carbons (Fsp3) is 0.391. The summed E-state index contributed by atoms with van der Waals surface area (Å²) in [7, 11) is -4.05. The number of carbonyl (C=O) groups excluding carboxylic acids is 2. The van der Waals surface area contributed by atoms with Gasteiger partial charge in [0.2, 0.25) is 5.91 Å². The van der Waals surface area contributed by atoms with Gasteiger partial charge in [0.25, 0.3) is 0 Å². The van der Waals surface area contributed by atoms with Crippen LogP contribution in [-0.2, 0) is 21.2 Å². The Bertz CT molecular complexity index is 1210. The van der Waals surface area contributed by atoms with Crippen LogP contribution >= 0.6 is 11.6 Å². The van der Waals surface area contributed by atoms with Crippen molar-refractivity contribution < 1.29 is 22.4 Å². The monoisotopic (exact) mass is 478 g/mol. The molecule has 9 heteroatoms. The smallest absolute Gasteiger partial charge is 0.245 e. The zero-order chi connectivity index (χ0) is 23.4. The molecule has 1 heterocycles. The number of Topliss-reactive ketones (excluding diaryl/α,β-unsaturated/α-hetero) is 1. The first-order valence-electron chi connectivity index (χ1n) is 10.3. The topological polar surface area (TPSA) is 97.5 Å². The third-order valence-electron chi connectivity index (χ3n) is 6.36. The minimum Gasteiger partial charge on any atom is -0.319 e. The standard InChI is InChI=1S/C23H24ClFN2O4S/c1-23(2)10-14(23)7-20(28)16-8-19-21(9-17(16)25)32(30,31)12-18(26)22(29)27(19)11-13-3-5-15(24)6-4-13/h3-6,8-9,14,18H,7,10-12,26H2,1-2H3/t14?,18-/m0/s1. The van der Waals surface area contributed by atoms with Crippen molar-refractivity contribution in [3.05, 3.63) is 58.4 Å². The molecule has 32 heavy (non-hydrogen) atoms. The van der Waals surface area contributed by atoms with Crippen LogP contribution in [0.25, 0.3) is 0 Å². The van der Waals surface area contributed by atoms with Crippen LogP contribution in [0.1, 0.15) is 42.6 Å². The van der Waals surface area contributed by atoms with E-state index in [1.165, 1.54) is 11.0 Å². The summed E-state index contributed by atoms with van der Waals surface area (Å²) in [4.78, 5) is 26.8. The van der Waals surface area contributed by atoms with Gasteiger partial charge in [0.15, 0.2) is 15.6 Å². The molecule has 1 aliphatic carbocycles. The summed E-state index contributed by atoms with van der Waals surface area (Å²) >= 11 is 5.93. The number of carbonyl (C=O) groups is 2. The molecule has 0 radical (unpaired) electrons. The van der Waals surface area contributed by atoms with Crippen molar-refractivity contribution >= 4 is 38.8 Å². The maximum atomic E-state index is 14.9. The first kappa shape index (κ1) is 22.9. The molecule has 4 rings (SSSR count). The Morgan fingerprint density at radius 3 is 2.47 bits per heavy atom. The molecule has 2 aromatic rings. The predicted octanol–water partition coefficient (Wildman–Crippen LogP) is 3.75. The van der Waals surface area contributed by atoms with Gasteiger partial charge in [-0.1, -0.05) is 37.6 Å². The molecule has 2 atom stereocenters. The number of nitrogens with zero attached hydrogens (tertiary/aromatic N) is 1. The van der Waals surface area contributed by atoms with Crippen LogP contribution in [-0.4, -0.2) is 31.9 Å². The third-order valence-corrected chi connectivity index (χ3v) is 8.41. The molecule has 0 bridgehead atoms. The lowest BCUT2D eigenvalue weighted by molar-refractivity contribution is -0.119. The minimum atomic E-state index is -4.05. The number of fused-ring (bicyclic) bond motifs is 1. The number of sulfone groups is 1. The van der Waals surface area contributed by atoms with Gasteiger partial charge in [-0.15, -0.1) is 0 Å². The van der Waals surface area contributed by atoms with Crippen LogP contribution in [0, 0.1) is 17.2 Å². The number of benzene rings is 2. The molecule has 2 aliphatic rings. The van der Waals surface area contributed by atoms with Crippen molar-refractivity contribution in [2.24, 2.45) is 17.1 Å². The van der Waals surface area contributed by atoms with E-state index in [2.05, 4.69) is 0 Å². The molecule has 1 saturated carbocycles. The lowest BCUT2D eigenvalue weighted by Crippen LogP contribution is -2.45. The molecule has 0 spiro atoms. The normalized spacial score (nSPS) is 23.4. The molecule has 170 valence electrons. The van der Waals surface area contributed by atoms with Gasteiger partial charge in [-0.05, 0) is 47.6 Å². The largest absolute Gasteiger partial charge is 0.319 e. The molecule has 1 unspecified atom stereocenters. The third kappa shape index (κ3) is 4.31. The number of hydrogen-bond donors (Lipinski definition) is 1. The van der Waals surface area contributed by atoms with Crippen LogP contribution in [0.3, 0.4) is 0 Å². The second kappa shape index (κ2) is 7.93. The van der Waals surface area contributed by atoms with Crippen molar-refractivity contribution in [2.75, 3.05) is 10.7 Å². The fourth-order valence-corrected chi connectivity index (χ4v) is 5.82. The van der Waals surface area contributed by atoms with E-state index in [1.54, 1.807) is 24.3 Å². The average Bonchev–Trinajstić information content (AvgIpc) is 3.32. The molecule has 6 nitrogen and oxygen atoms in total. The number of nitrogens with two attached hydrogens (primary N) is 1. The Hall–Kier alpha value is -2.29. The van der Waals surface area contributed by atoms with E-state index in [0.29, 0.717) is 10.6 Å². The number of rotatable bonds is 5. The van der Waals surface area contributed by atoms with Crippen LogP contribution in [0.15, 0.2) is 41.3 Å². The Morgan fingerprint density at radius 2 is 1.88 bits per heavy atom. The highest BCUT2D eigenvalue weighted by atomic mass is 35.5. The van der Waals surface area contributed by atoms with Crippen LogP contribution in [0.2, 0.25) is 5.02 Å². The highest BCUT2D eigenvalue weighted by Crippen LogP contribution is 2.54. The predicted molar refractivity (Wildman–Crippen MR) is 120 cm³/mol. The lowest BCUT2D eigenvalue weighted by atomic mass is 10.00. The maximum absolute atomic E-state index is 14.9. The highest BCUT2D eigenvalue weighted by molar-refractivity contribution is 7.91. The van der Waals surface area contributed by atoms with Gasteiger partial charge in [0.05, 0.1) is 34.5 Å². The Labute approximate surface area is 191 Å². The summed E-state index contributed by atoms with van der Waals surface area (Å²) in [5.74, 6) is -2.43. The number of hydrogen-bond acceptors (Lipinski definition) is 5. The summed E-state index contributed by atoms with van der Waals surface area (Å²) in [6.07, 6.45) is 1.04. The van der Waals surface area contributed by atoms with Crippen LogP contribution in [0.4, 0.5) is 10.1 Å². The number of halogens is 2. The highest BCUT2D eigenvalue weighted by Gasteiger charge is 2.46. The van der Waals surface area contributed by atoms with E-state index in [4.69, 9.17) is 17.3 Å². The SMILES string of the molecule is CC1(C)CC1CC(=O)c1cc2c(cc1F)S(=O)(=O)C[C@H](N)C(=O)N2Cc1ccc(Cl)cc1. The molecule has 2 aromatic carbocycles. The molecular weight excluding hydrogens is 455 g/mol. The van der Waals surface area contributed by atoms with Crippen molar-refractivity contribution in [2.45, 2.75) is 44.2 Å². The second-order valence-corrected chi connectivity index (χ2v) is 11.7. The molecule has 0 aromatic heterocycles.